The van der Waals surface area contributed by atoms with Gasteiger partial charge >= 0.3 is 0 Å². The van der Waals surface area contributed by atoms with Crippen LogP contribution in [0.2, 0.25) is 0 Å². The maximum atomic E-state index is 12.3. The van der Waals surface area contributed by atoms with Crippen LogP contribution >= 0.6 is 11.6 Å². The van der Waals surface area contributed by atoms with Gasteiger partial charge in [0.05, 0.1) is 26.7 Å². The van der Waals surface area contributed by atoms with Crippen LogP contribution in [0.15, 0.2) is 46.2 Å². The summed E-state index contributed by atoms with van der Waals surface area (Å²) in [4.78, 5) is -0.612. The van der Waals surface area contributed by atoms with Crippen LogP contribution in [0.4, 0.5) is 0 Å². The highest BCUT2D eigenvalue weighted by Gasteiger charge is 2.49. The predicted molar refractivity (Wildman–Crippen MR) is 90.7 cm³/mol. The molecule has 0 aliphatic heterocycles. The fourth-order valence-corrected chi connectivity index (χ4v) is 4.93. The van der Waals surface area contributed by atoms with Gasteiger partial charge in [0, 0.05) is 11.1 Å². The summed E-state index contributed by atoms with van der Waals surface area (Å²) in [6.45, 7) is 10.1. The molecule has 1 atom stereocenters. The molecule has 2 N–H and O–H groups in total. The first-order valence-corrected chi connectivity index (χ1v) is 10.3. The average molecular weight is 366 g/mol. The van der Waals surface area contributed by atoms with E-state index in [1.165, 1.54) is 32.1 Å². The lowest BCUT2D eigenvalue weighted by atomic mass is 9.77. The Balaban J connectivity index is 3.73. The molecule has 0 amide bonds. The molecule has 0 bridgehead atoms. The lowest BCUT2D eigenvalue weighted by molar-refractivity contribution is 0.499. The highest BCUT2D eigenvalue weighted by Crippen LogP contribution is 2.47. The zero-order chi connectivity index (χ0) is 17.3. The molecule has 0 saturated heterocycles. The molecule has 1 aliphatic carbocycles. The van der Waals surface area contributed by atoms with E-state index in [1.807, 2.05) is 0 Å². The van der Waals surface area contributed by atoms with Gasteiger partial charge in [0.15, 0.2) is 19.7 Å². The normalized spacial score (nSPS) is 21.3. The van der Waals surface area contributed by atoms with Gasteiger partial charge < -0.3 is 5.73 Å². The van der Waals surface area contributed by atoms with Crippen LogP contribution < -0.4 is 5.73 Å². The zero-order valence-corrected chi connectivity index (χ0v) is 14.9. The maximum absolute atomic E-state index is 12.3. The summed E-state index contributed by atoms with van der Waals surface area (Å²) in [6, 6.07) is -0.947. The Morgan fingerprint density at radius 3 is 1.95 bits per heavy atom. The van der Waals surface area contributed by atoms with Gasteiger partial charge in [-0.2, -0.15) is 0 Å². The summed E-state index contributed by atoms with van der Waals surface area (Å²) in [5.41, 5.74) is 4.37. The van der Waals surface area contributed by atoms with Crippen molar-refractivity contribution in [2.45, 2.75) is 19.9 Å². The smallest absolute Gasteiger partial charge is 0.175 e. The molecule has 124 valence electrons. The van der Waals surface area contributed by atoms with E-state index in [0.29, 0.717) is 0 Å². The van der Waals surface area contributed by atoms with Crippen molar-refractivity contribution in [3.05, 3.63) is 46.2 Å². The standard InChI is InChI=1S/C14H20ClNO4S2/c1-5-21(17,18)10(3)14(11(4)22(19,20)6-2)9-12(15)7-8-13(14)16/h7-9,13H,3-6,16H2,1-2H3. The zero-order valence-electron chi connectivity index (χ0n) is 12.5. The number of rotatable bonds is 6. The molecule has 0 aromatic rings. The second kappa shape index (κ2) is 6.31. The Hall–Kier alpha value is -0.890. The van der Waals surface area contributed by atoms with E-state index in [1.54, 1.807) is 0 Å². The molecule has 5 nitrogen and oxygen atoms in total. The molecule has 8 heteroatoms. The second-order valence-corrected chi connectivity index (χ2v) is 9.97. The van der Waals surface area contributed by atoms with Crippen LogP contribution in [-0.2, 0) is 19.7 Å². The summed E-state index contributed by atoms with van der Waals surface area (Å²) in [6.07, 6.45) is 4.25. The molecule has 0 spiro atoms. The van der Waals surface area contributed by atoms with Gasteiger partial charge in [-0.25, -0.2) is 16.8 Å². The molecule has 0 aromatic heterocycles. The third kappa shape index (κ3) is 3.08. The van der Waals surface area contributed by atoms with Crippen LogP contribution in [-0.4, -0.2) is 34.4 Å². The number of hydrogen-bond acceptors (Lipinski definition) is 5. The van der Waals surface area contributed by atoms with Gasteiger partial charge in [0.2, 0.25) is 0 Å². The van der Waals surface area contributed by atoms with Crippen molar-refractivity contribution in [3.8, 4) is 0 Å². The Labute approximate surface area is 137 Å². The second-order valence-electron chi connectivity index (χ2n) is 4.94. The fraction of sp³-hybridized carbons (Fsp3) is 0.429. The highest BCUT2D eigenvalue weighted by molar-refractivity contribution is 7.96. The van der Waals surface area contributed by atoms with Gasteiger partial charge in [-0.05, 0) is 12.2 Å². The van der Waals surface area contributed by atoms with Crippen LogP contribution in [0.3, 0.4) is 0 Å². The van der Waals surface area contributed by atoms with E-state index in [0.717, 1.165) is 0 Å². The van der Waals surface area contributed by atoms with Crippen molar-refractivity contribution in [2.75, 3.05) is 11.5 Å². The quantitative estimate of drug-likeness (QED) is 0.775. The molecule has 1 aliphatic rings. The SMILES string of the molecule is C=C(C1(C(=C)S(=O)(=O)CC)C=C(Cl)C=CC1N)S(=O)(=O)CC. The Morgan fingerprint density at radius 1 is 1.18 bits per heavy atom. The van der Waals surface area contributed by atoms with Gasteiger partial charge in [-0.3, -0.25) is 0 Å². The molecular formula is C14H20ClNO4S2. The number of hydrogen-bond donors (Lipinski definition) is 1. The third-order valence-corrected chi connectivity index (χ3v) is 7.72. The Bertz CT molecular complexity index is 715. The van der Waals surface area contributed by atoms with Gasteiger partial charge in [0.25, 0.3) is 0 Å². The van der Waals surface area contributed by atoms with E-state index in [9.17, 15) is 16.8 Å². The minimum Gasteiger partial charge on any atom is -0.323 e. The minimum atomic E-state index is -3.76. The molecule has 22 heavy (non-hydrogen) atoms. The monoisotopic (exact) mass is 365 g/mol. The average Bonchev–Trinajstić information content (AvgIpc) is 2.48. The molecule has 1 unspecified atom stereocenters. The largest absolute Gasteiger partial charge is 0.323 e. The first-order chi connectivity index (χ1) is 9.95. The number of sulfone groups is 2. The van der Waals surface area contributed by atoms with Crippen LogP contribution in [0, 0.1) is 5.41 Å². The van der Waals surface area contributed by atoms with Crippen molar-refractivity contribution >= 4 is 31.3 Å². The Kier molecular flexibility index (Phi) is 5.50. The topological polar surface area (TPSA) is 94.3 Å². The van der Waals surface area contributed by atoms with Crippen LogP contribution in [0.5, 0.6) is 0 Å². The summed E-state index contributed by atoms with van der Waals surface area (Å²) in [7, 11) is -7.53. The first kappa shape index (κ1) is 19.2. The summed E-state index contributed by atoms with van der Waals surface area (Å²) in [5, 5.41) is 0.182. The minimum absolute atomic E-state index is 0.182. The van der Waals surface area contributed by atoms with E-state index in [-0.39, 0.29) is 26.3 Å². The van der Waals surface area contributed by atoms with Crippen molar-refractivity contribution in [3.63, 3.8) is 0 Å². The van der Waals surface area contributed by atoms with Crippen LogP contribution in [0.1, 0.15) is 13.8 Å². The van der Waals surface area contributed by atoms with Crippen LogP contribution in [0.25, 0.3) is 0 Å². The Morgan fingerprint density at radius 2 is 1.59 bits per heavy atom. The summed E-state index contributed by atoms with van der Waals surface area (Å²) in [5.74, 6) is -0.455. The van der Waals surface area contributed by atoms with E-state index in [2.05, 4.69) is 13.2 Å². The van der Waals surface area contributed by atoms with Gasteiger partial charge in [-0.15, -0.1) is 0 Å². The predicted octanol–water partition coefficient (Wildman–Crippen LogP) is 1.89. The lowest BCUT2D eigenvalue weighted by Crippen LogP contribution is -2.47. The maximum Gasteiger partial charge on any atom is 0.175 e. The number of nitrogens with two attached hydrogens (primary N) is 1. The first-order valence-electron chi connectivity index (χ1n) is 6.62. The third-order valence-electron chi connectivity index (χ3n) is 3.79. The molecule has 0 heterocycles. The van der Waals surface area contributed by atoms with E-state index in [4.69, 9.17) is 17.3 Å². The van der Waals surface area contributed by atoms with E-state index < -0.39 is 31.1 Å². The lowest BCUT2D eigenvalue weighted by Gasteiger charge is -2.39. The fourth-order valence-electron chi connectivity index (χ4n) is 2.26. The van der Waals surface area contributed by atoms with Gasteiger partial charge in [-0.1, -0.05) is 44.7 Å². The highest BCUT2D eigenvalue weighted by atomic mass is 35.5. The van der Waals surface area contributed by atoms with Crippen molar-refractivity contribution in [1.82, 2.24) is 0 Å². The van der Waals surface area contributed by atoms with Gasteiger partial charge in [0.1, 0.15) is 0 Å². The molecule has 1 rings (SSSR count). The molecule has 0 saturated carbocycles. The summed E-state index contributed by atoms with van der Waals surface area (Å²) < 4.78 is 49.2. The van der Waals surface area contributed by atoms with Crippen molar-refractivity contribution in [2.24, 2.45) is 11.1 Å². The molecule has 0 fully saturated rings. The van der Waals surface area contributed by atoms with Crippen molar-refractivity contribution < 1.29 is 16.8 Å². The molecule has 0 radical (unpaired) electrons. The molecular weight excluding hydrogens is 346 g/mol. The van der Waals surface area contributed by atoms with Crippen molar-refractivity contribution in [1.29, 1.82) is 0 Å². The summed E-state index contributed by atoms with van der Waals surface area (Å²) >= 11 is 5.99. The van der Waals surface area contributed by atoms with E-state index >= 15 is 0 Å². The molecule has 0 aromatic carbocycles. The number of allylic oxidation sites excluding steroid dienone is 2. The number of halogens is 1.